The van der Waals surface area contributed by atoms with E-state index in [1.165, 1.54) is 0 Å². The number of hydrogen-bond donors (Lipinski definition) is 1. The Kier molecular flexibility index (Phi) is 2.86. The highest BCUT2D eigenvalue weighted by Crippen LogP contribution is 2.29. The van der Waals surface area contributed by atoms with Crippen LogP contribution in [0.25, 0.3) is 22.1 Å². The summed E-state index contributed by atoms with van der Waals surface area (Å²) in [5.41, 5.74) is 3.01. The number of nitrogens with zero attached hydrogens (tertiary/aromatic N) is 5. The summed E-state index contributed by atoms with van der Waals surface area (Å²) >= 11 is 0. The molecule has 4 heterocycles. The van der Waals surface area contributed by atoms with Gasteiger partial charge >= 0.3 is 0 Å². The number of pyridine rings is 1. The van der Waals surface area contributed by atoms with E-state index in [-0.39, 0.29) is 0 Å². The summed E-state index contributed by atoms with van der Waals surface area (Å²) in [4.78, 5) is 14.4. The maximum atomic E-state index is 8.71. The van der Waals surface area contributed by atoms with Crippen LogP contribution in [0.3, 0.4) is 0 Å². The summed E-state index contributed by atoms with van der Waals surface area (Å²) in [6.45, 7) is 2.90. The van der Waals surface area contributed by atoms with Crippen molar-refractivity contribution in [3.63, 3.8) is 0 Å². The maximum absolute atomic E-state index is 8.71. The van der Waals surface area contributed by atoms with Crippen molar-refractivity contribution in [2.24, 2.45) is 0 Å². The predicted octanol–water partition coefficient (Wildman–Crippen LogP) is 2.07. The molecule has 3 aromatic rings. The smallest absolute Gasteiger partial charge is 0.139 e. The van der Waals surface area contributed by atoms with Crippen molar-refractivity contribution in [3.8, 4) is 6.07 Å². The molecule has 1 aliphatic rings. The van der Waals surface area contributed by atoms with Gasteiger partial charge in [-0.05, 0) is 12.5 Å². The summed E-state index contributed by atoms with van der Waals surface area (Å²) in [6.07, 6.45) is 7.38. The fourth-order valence-corrected chi connectivity index (χ4v) is 3.26. The molecule has 1 saturated heterocycles. The SMILES string of the molecule is N#CCCN1CC[C@@H](n2cnc3cnc4[nH]ccc4c32)C1. The van der Waals surface area contributed by atoms with Crippen molar-refractivity contribution in [3.05, 3.63) is 24.8 Å². The molecule has 106 valence electrons. The monoisotopic (exact) mass is 280 g/mol. The van der Waals surface area contributed by atoms with E-state index in [9.17, 15) is 0 Å². The van der Waals surface area contributed by atoms with Gasteiger partial charge in [-0.2, -0.15) is 5.26 Å². The lowest BCUT2D eigenvalue weighted by atomic mass is 10.2. The Morgan fingerprint density at radius 3 is 3.29 bits per heavy atom. The third kappa shape index (κ3) is 1.98. The van der Waals surface area contributed by atoms with Crippen molar-refractivity contribution in [1.29, 1.82) is 5.26 Å². The lowest BCUT2D eigenvalue weighted by molar-refractivity contribution is 0.332. The van der Waals surface area contributed by atoms with E-state index in [2.05, 4.69) is 36.6 Å². The van der Waals surface area contributed by atoms with Gasteiger partial charge in [0.1, 0.15) is 11.2 Å². The minimum absolute atomic E-state index is 0.425. The first-order valence-corrected chi connectivity index (χ1v) is 7.25. The Morgan fingerprint density at radius 1 is 1.43 bits per heavy atom. The number of fused-ring (bicyclic) bond motifs is 3. The molecule has 0 unspecified atom stereocenters. The average molecular weight is 280 g/mol. The Morgan fingerprint density at radius 2 is 2.38 bits per heavy atom. The zero-order valence-electron chi connectivity index (χ0n) is 11.7. The van der Waals surface area contributed by atoms with Gasteiger partial charge in [-0.1, -0.05) is 0 Å². The molecule has 3 aromatic heterocycles. The van der Waals surface area contributed by atoms with Crippen LogP contribution in [0.2, 0.25) is 0 Å². The van der Waals surface area contributed by atoms with Crippen molar-refractivity contribution in [1.82, 2.24) is 24.4 Å². The van der Waals surface area contributed by atoms with Gasteiger partial charge in [0, 0.05) is 43.7 Å². The topological polar surface area (TPSA) is 73.5 Å². The molecular formula is C15H16N6. The lowest BCUT2D eigenvalue weighted by Crippen LogP contribution is -2.22. The standard InChI is InChI=1S/C15H16N6/c16-4-1-6-20-7-3-11(9-20)21-10-19-13-8-18-15-12(14(13)21)2-5-17-15/h2,5,8,10-11H,1,3,6-7,9H2,(H,17,18)/t11-/m1/s1. The zero-order chi connectivity index (χ0) is 14.2. The molecule has 0 spiro atoms. The zero-order valence-corrected chi connectivity index (χ0v) is 11.7. The summed E-state index contributed by atoms with van der Waals surface area (Å²) in [6, 6.07) is 4.71. The molecular weight excluding hydrogens is 264 g/mol. The van der Waals surface area contributed by atoms with E-state index < -0.39 is 0 Å². The molecule has 0 radical (unpaired) electrons. The van der Waals surface area contributed by atoms with E-state index in [4.69, 9.17) is 5.26 Å². The molecule has 0 amide bonds. The van der Waals surface area contributed by atoms with Gasteiger partial charge in [-0.15, -0.1) is 0 Å². The van der Waals surface area contributed by atoms with Crippen LogP contribution >= 0.6 is 0 Å². The third-order valence-electron chi connectivity index (χ3n) is 4.30. The van der Waals surface area contributed by atoms with Crippen LogP contribution in [0.4, 0.5) is 0 Å². The number of nitriles is 1. The molecule has 6 heteroatoms. The van der Waals surface area contributed by atoms with Crippen LogP contribution < -0.4 is 0 Å². The Hall–Kier alpha value is -2.39. The molecule has 0 aromatic carbocycles. The molecule has 0 saturated carbocycles. The Balaban J connectivity index is 1.71. The summed E-state index contributed by atoms with van der Waals surface area (Å²) in [5.74, 6) is 0. The second-order valence-electron chi connectivity index (χ2n) is 5.54. The number of H-pyrrole nitrogens is 1. The highest BCUT2D eigenvalue weighted by molar-refractivity contribution is 6.00. The predicted molar refractivity (Wildman–Crippen MR) is 79.7 cm³/mol. The summed E-state index contributed by atoms with van der Waals surface area (Å²) < 4.78 is 2.28. The second kappa shape index (κ2) is 4.86. The number of aromatic nitrogens is 4. The van der Waals surface area contributed by atoms with Crippen LogP contribution in [-0.2, 0) is 0 Å². The van der Waals surface area contributed by atoms with Crippen molar-refractivity contribution in [2.45, 2.75) is 18.9 Å². The van der Waals surface area contributed by atoms with Crippen LogP contribution in [-0.4, -0.2) is 44.1 Å². The van der Waals surface area contributed by atoms with Gasteiger partial charge < -0.3 is 14.5 Å². The van der Waals surface area contributed by atoms with Crippen LogP contribution in [0.5, 0.6) is 0 Å². The number of imidazole rings is 1. The normalized spacial score (nSPS) is 19.5. The fraction of sp³-hybridized carbons (Fsp3) is 0.400. The highest BCUT2D eigenvalue weighted by atomic mass is 15.2. The number of aromatic amines is 1. The molecule has 0 aliphatic carbocycles. The second-order valence-corrected chi connectivity index (χ2v) is 5.54. The lowest BCUT2D eigenvalue weighted by Gasteiger charge is -2.15. The quantitative estimate of drug-likeness (QED) is 0.797. The van der Waals surface area contributed by atoms with E-state index in [1.807, 2.05) is 18.7 Å². The number of hydrogen-bond acceptors (Lipinski definition) is 4. The Labute approximate surface area is 122 Å². The van der Waals surface area contributed by atoms with Gasteiger partial charge in [0.15, 0.2) is 0 Å². The molecule has 21 heavy (non-hydrogen) atoms. The van der Waals surface area contributed by atoms with Crippen LogP contribution in [0, 0.1) is 11.3 Å². The maximum Gasteiger partial charge on any atom is 0.139 e. The first-order chi connectivity index (χ1) is 10.4. The van der Waals surface area contributed by atoms with Gasteiger partial charge in [0.05, 0.1) is 24.1 Å². The molecule has 1 N–H and O–H groups in total. The molecule has 1 fully saturated rings. The molecule has 0 bridgehead atoms. The first-order valence-electron chi connectivity index (χ1n) is 7.25. The largest absolute Gasteiger partial charge is 0.346 e. The summed E-state index contributed by atoms with van der Waals surface area (Å²) in [5, 5.41) is 9.84. The summed E-state index contributed by atoms with van der Waals surface area (Å²) in [7, 11) is 0. The molecule has 1 atom stereocenters. The fourth-order valence-electron chi connectivity index (χ4n) is 3.26. The molecule has 1 aliphatic heterocycles. The minimum Gasteiger partial charge on any atom is -0.346 e. The van der Waals surface area contributed by atoms with E-state index in [1.54, 1.807) is 0 Å². The third-order valence-corrected chi connectivity index (χ3v) is 4.30. The number of nitrogens with one attached hydrogen (secondary N) is 1. The van der Waals surface area contributed by atoms with E-state index >= 15 is 0 Å². The van der Waals surface area contributed by atoms with E-state index in [0.717, 1.165) is 48.1 Å². The average Bonchev–Trinajstić information content (AvgIpc) is 3.21. The molecule has 4 rings (SSSR count). The molecule has 6 nitrogen and oxygen atoms in total. The highest BCUT2D eigenvalue weighted by Gasteiger charge is 2.25. The first kappa shape index (κ1) is 12.4. The van der Waals surface area contributed by atoms with Crippen LogP contribution in [0.1, 0.15) is 18.9 Å². The van der Waals surface area contributed by atoms with Gasteiger partial charge in [0.2, 0.25) is 0 Å². The minimum atomic E-state index is 0.425. The van der Waals surface area contributed by atoms with Crippen molar-refractivity contribution < 1.29 is 0 Å². The Bertz CT molecular complexity index is 824. The van der Waals surface area contributed by atoms with E-state index in [0.29, 0.717) is 12.5 Å². The van der Waals surface area contributed by atoms with Crippen molar-refractivity contribution in [2.75, 3.05) is 19.6 Å². The van der Waals surface area contributed by atoms with Crippen molar-refractivity contribution >= 4 is 22.1 Å². The van der Waals surface area contributed by atoms with Crippen LogP contribution in [0.15, 0.2) is 24.8 Å². The number of likely N-dealkylation sites (tertiary alicyclic amines) is 1. The van der Waals surface area contributed by atoms with Gasteiger partial charge in [-0.25, -0.2) is 9.97 Å². The van der Waals surface area contributed by atoms with Gasteiger partial charge in [-0.3, -0.25) is 0 Å². The van der Waals surface area contributed by atoms with Gasteiger partial charge in [0.25, 0.3) is 0 Å². The number of rotatable bonds is 3.